The van der Waals surface area contributed by atoms with E-state index >= 15 is 0 Å². The van der Waals surface area contributed by atoms with Crippen molar-refractivity contribution in [3.05, 3.63) is 119 Å². The van der Waals surface area contributed by atoms with E-state index in [9.17, 15) is 0 Å². The molecule has 5 aromatic rings. The van der Waals surface area contributed by atoms with Gasteiger partial charge in [-0.25, -0.2) is 0 Å². The van der Waals surface area contributed by atoms with Crippen LogP contribution < -0.4 is 30.8 Å². The van der Waals surface area contributed by atoms with Crippen molar-refractivity contribution < 1.29 is 9.47 Å². The van der Waals surface area contributed by atoms with Gasteiger partial charge < -0.3 is 14.4 Å². The second kappa shape index (κ2) is 9.30. The zero-order chi connectivity index (χ0) is 31.5. The Morgan fingerprint density at radius 2 is 1.00 bits per heavy atom. The predicted octanol–water partition coefficient (Wildman–Crippen LogP) is 9.12. The van der Waals surface area contributed by atoms with Crippen molar-refractivity contribution in [2.45, 2.75) is 71.6 Å². The van der Waals surface area contributed by atoms with E-state index < -0.39 is 0 Å². The number of hydrogen-bond acceptors (Lipinski definition) is 3. The fourth-order valence-corrected chi connectivity index (χ4v) is 7.49. The molecule has 0 spiro atoms. The number of ether oxygens (including phenoxy) is 2. The van der Waals surface area contributed by atoms with Gasteiger partial charge in [-0.05, 0) is 68.3 Å². The van der Waals surface area contributed by atoms with E-state index in [0.29, 0.717) is 0 Å². The van der Waals surface area contributed by atoms with Crippen LogP contribution in [0.1, 0.15) is 77.6 Å². The molecular weight excluding hydrogens is 549 g/mol. The lowest BCUT2D eigenvalue weighted by molar-refractivity contribution is 0.461. The van der Waals surface area contributed by atoms with Gasteiger partial charge in [0.1, 0.15) is 23.0 Å². The van der Waals surface area contributed by atoms with Crippen LogP contribution in [0.25, 0.3) is 0 Å². The Morgan fingerprint density at radius 1 is 0.556 bits per heavy atom. The molecule has 0 radical (unpaired) electrons. The number of fused-ring (bicyclic) bond motifs is 6. The van der Waals surface area contributed by atoms with Crippen molar-refractivity contribution in [2.75, 3.05) is 4.90 Å². The van der Waals surface area contributed by atoms with Gasteiger partial charge in [-0.15, -0.1) is 0 Å². The topological polar surface area (TPSA) is 21.7 Å². The number of para-hydroxylation sites is 2. The van der Waals surface area contributed by atoms with E-state index in [1.807, 2.05) is 0 Å². The molecule has 0 bridgehead atoms. The summed E-state index contributed by atoms with van der Waals surface area (Å²) in [7, 11) is 0. The lowest BCUT2D eigenvalue weighted by atomic mass is 9.34. The fraction of sp³-hybridized carbons (Fsp3) is 0.268. The average molecular weight is 590 g/mol. The van der Waals surface area contributed by atoms with Crippen molar-refractivity contribution in [1.82, 2.24) is 0 Å². The first-order valence-corrected chi connectivity index (χ1v) is 16.1. The molecular formula is C41H40BNO2. The van der Waals surface area contributed by atoms with Gasteiger partial charge in [-0.3, -0.25) is 0 Å². The maximum absolute atomic E-state index is 6.89. The first-order valence-electron chi connectivity index (χ1n) is 16.1. The zero-order valence-corrected chi connectivity index (χ0v) is 27.6. The maximum atomic E-state index is 6.89. The summed E-state index contributed by atoms with van der Waals surface area (Å²) >= 11 is 0. The highest BCUT2D eigenvalue weighted by molar-refractivity contribution is 6.98. The van der Waals surface area contributed by atoms with Gasteiger partial charge in [0.25, 0.3) is 6.71 Å². The number of benzene rings is 5. The summed E-state index contributed by atoms with van der Waals surface area (Å²) in [5, 5.41) is 0. The zero-order valence-electron chi connectivity index (χ0n) is 27.6. The van der Waals surface area contributed by atoms with Crippen LogP contribution in [0.2, 0.25) is 0 Å². The smallest absolute Gasteiger partial charge is 0.260 e. The quantitative estimate of drug-likeness (QED) is 0.178. The minimum atomic E-state index is -0.130. The Bertz CT molecular complexity index is 1890. The number of anilines is 3. The largest absolute Gasteiger partial charge is 0.458 e. The summed E-state index contributed by atoms with van der Waals surface area (Å²) in [6.07, 6.45) is 0. The van der Waals surface area contributed by atoms with Crippen molar-refractivity contribution >= 4 is 40.2 Å². The third-order valence-electron chi connectivity index (χ3n) is 10.1. The molecule has 4 heteroatoms. The average Bonchev–Trinajstić information content (AvgIpc) is 2.99. The minimum Gasteiger partial charge on any atom is -0.458 e. The molecule has 224 valence electrons. The molecule has 0 fully saturated rings. The van der Waals surface area contributed by atoms with Crippen LogP contribution in [-0.4, -0.2) is 6.71 Å². The lowest BCUT2D eigenvalue weighted by Crippen LogP contribution is -2.57. The van der Waals surface area contributed by atoms with Gasteiger partial charge in [0.15, 0.2) is 0 Å². The highest BCUT2D eigenvalue weighted by Crippen LogP contribution is 2.53. The molecule has 0 saturated heterocycles. The molecule has 8 rings (SSSR count). The third-order valence-corrected chi connectivity index (χ3v) is 10.1. The number of rotatable bonds is 1. The summed E-state index contributed by atoms with van der Waals surface area (Å²) in [4.78, 5) is 2.39. The van der Waals surface area contributed by atoms with Gasteiger partial charge in [-0.1, -0.05) is 116 Å². The summed E-state index contributed by atoms with van der Waals surface area (Å²) in [6.45, 7) is 18.2. The van der Waals surface area contributed by atoms with E-state index in [1.165, 1.54) is 44.6 Å². The molecule has 3 aliphatic heterocycles. The Labute approximate surface area is 267 Å². The van der Waals surface area contributed by atoms with Crippen LogP contribution >= 0.6 is 0 Å². The molecule has 0 N–H and O–H groups in total. The van der Waals surface area contributed by atoms with Crippen molar-refractivity contribution in [3.8, 4) is 23.0 Å². The second-order valence-corrected chi connectivity index (χ2v) is 15.5. The highest BCUT2D eigenvalue weighted by atomic mass is 16.5. The third kappa shape index (κ3) is 4.18. The maximum Gasteiger partial charge on any atom is 0.260 e. The summed E-state index contributed by atoms with van der Waals surface area (Å²) in [5.41, 5.74) is 11.9. The highest BCUT2D eigenvalue weighted by Gasteiger charge is 2.43. The Hall–Kier alpha value is -4.44. The van der Waals surface area contributed by atoms with Gasteiger partial charge >= 0.3 is 0 Å². The minimum absolute atomic E-state index is 0.00882. The Morgan fingerprint density at radius 3 is 1.44 bits per heavy atom. The van der Waals surface area contributed by atoms with Gasteiger partial charge in [0.05, 0.1) is 17.1 Å². The van der Waals surface area contributed by atoms with Gasteiger partial charge in [0.2, 0.25) is 0 Å². The normalized spacial score (nSPS) is 15.6. The molecule has 0 amide bonds. The summed E-state index contributed by atoms with van der Waals surface area (Å²) < 4.78 is 13.8. The molecule has 0 aromatic heterocycles. The van der Waals surface area contributed by atoms with E-state index in [0.717, 1.165) is 34.1 Å². The van der Waals surface area contributed by atoms with Crippen LogP contribution in [0, 0.1) is 0 Å². The van der Waals surface area contributed by atoms with Gasteiger partial charge in [0, 0.05) is 23.0 Å². The number of hydrogen-bond donors (Lipinski definition) is 0. The van der Waals surface area contributed by atoms with Crippen LogP contribution in [-0.2, 0) is 16.2 Å². The molecule has 3 heterocycles. The standard InChI is InChI=1S/C41H40BNO2/c1-39(2,3)25-17-19-30-34(21-25)44-36-23-27(24-37-38(36)42(30)31-20-18-26(40(4,5)6)22-35(31)45-37)43-32-15-11-9-13-28(32)41(7,8)29-14-10-12-16-33(29)43/h9-24H,1-8H3. The second-order valence-electron chi connectivity index (χ2n) is 15.5. The van der Waals surface area contributed by atoms with Gasteiger partial charge in [-0.2, -0.15) is 0 Å². The van der Waals surface area contributed by atoms with Crippen LogP contribution in [0.3, 0.4) is 0 Å². The van der Waals surface area contributed by atoms with E-state index in [-0.39, 0.29) is 23.0 Å². The van der Waals surface area contributed by atoms with Crippen LogP contribution in [0.5, 0.6) is 23.0 Å². The Kier molecular flexibility index (Phi) is 5.80. The molecule has 0 saturated carbocycles. The van der Waals surface area contributed by atoms with Crippen LogP contribution in [0.15, 0.2) is 97.1 Å². The summed E-state index contributed by atoms with van der Waals surface area (Å²) in [5.74, 6) is 3.57. The van der Waals surface area contributed by atoms with Crippen LogP contribution in [0.4, 0.5) is 17.1 Å². The molecule has 3 aliphatic rings. The van der Waals surface area contributed by atoms with E-state index in [4.69, 9.17) is 9.47 Å². The predicted molar refractivity (Wildman–Crippen MR) is 188 cm³/mol. The molecule has 0 aliphatic carbocycles. The molecule has 0 unspecified atom stereocenters. The van der Waals surface area contributed by atoms with Crippen molar-refractivity contribution in [1.29, 1.82) is 0 Å². The molecule has 3 nitrogen and oxygen atoms in total. The van der Waals surface area contributed by atoms with E-state index in [2.05, 4.69) is 157 Å². The lowest BCUT2D eigenvalue weighted by Gasteiger charge is -2.42. The molecule has 5 aromatic carbocycles. The Balaban J connectivity index is 1.38. The fourth-order valence-electron chi connectivity index (χ4n) is 7.49. The molecule has 45 heavy (non-hydrogen) atoms. The van der Waals surface area contributed by atoms with E-state index in [1.54, 1.807) is 0 Å². The first-order chi connectivity index (χ1) is 21.3. The molecule has 0 atom stereocenters. The first kappa shape index (κ1) is 28.1. The van der Waals surface area contributed by atoms with Crippen molar-refractivity contribution in [2.24, 2.45) is 0 Å². The number of nitrogens with zero attached hydrogens (tertiary/aromatic N) is 1. The van der Waals surface area contributed by atoms with Crippen molar-refractivity contribution in [3.63, 3.8) is 0 Å². The SMILES string of the molecule is CC(C)(C)c1ccc2c(c1)Oc1cc(N3c4ccccc4C(C)(C)c4ccccc43)cc3c1B2c1ccc(C(C)(C)C)cc1O3. The monoisotopic (exact) mass is 589 g/mol. The summed E-state index contributed by atoms with van der Waals surface area (Å²) in [6, 6.07) is 35.6.